The second-order valence-electron chi connectivity index (χ2n) is 13.2. The zero-order chi connectivity index (χ0) is 38.0. The highest BCUT2D eigenvalue weighted by Crippen LogP contribution is 2.12. The normalized spacial score (nSPS) is 14.0. The van der Waals surface area contributed by atoms with E-state index in [0.29, 0.717) is 25.8 Å². The van der Waals surface area contributed by atoms with Crippen LogP contribution in [0.5, 0.6) is 0 Å². The van der Waals surface area contributed by atoms with Crippen LogP contribution in [0, 0.1) is 11.8 Å². The number of rotatable bonds is 22. The Kier molecular flexibility index (Phi) is 19.3. The highest BCUT2D eigenvalue weighted by atomic mass is 16.2. The van der Waals surface area contributed by atoms with Gasteiger partial charge in [-0.25, -0.2) is 0 Å². The van der Waals surface area contributed by atoms with Gasteiger partial charge >= 0.3 is 0 Å². The van der Waals surface area contributed by atoms with Crippen molar-refractivity contribution in [1.82, 2.24) is 31.5 Å². The molecule has 0 heterocycles. The summed E-state index contributed by atoms with van der Waals surface area (Å²) < 4.78 is 0. The summed E-state index contributed by atoms with van der Waals surface area (Å²) in [5.74, 6) is -4.76. The van der Waals surface area contributed by atoms with E-state index in [-0.39, 0.29) is 25.3 Å². The third-order valence-electron chi connectivity index (χ3n) is 7.83. The molecular formula is C34H57N9O7. The average molecular weight is 704 g/mol. The first-order valence-corrected chi connectivity index (χ1v) is 17.0. The van der Waals surface area contributed by atoms with Crippen molar-refractivity contribution in [2.75, 3.05) is 26.7 Å². The third kappa shape index (κ3) is 15.8. The summed E-state index contributed by atoms with van der Waals surface area (Å²) in [5, 5.41) is 13.2. The van der Waals surface area contributed by atoms with Gasteiger partial charge in [0.05, 0.1) is 13.1 Å². The molecule has 1 aromatic rings. The van der Waals surface area contributed by atoms with Crippen LogP contribution >= 0.6 is 0 Å². The number of nitrogens with one attached hydrogen (secondary N) is 5. The minimum atomic E-state index is -1.12. The lowest BCUT2D eigenvalue weighted by molar-refractivity contribution is -0.139. The van der Waals surface area contributed by atoms with Gasteiger partial charge in [0.25, 0.3) is 0 Å². The van der Waals surface area contributed by atoms with Gasteiger partial charge in [-0.3, -0.25) is 33.6 Å². The molecule has 0 aliphatic carbocycles. The Labute approximate surface area is 294 Å². The van der Waals surface area contributed by atoms with Crippen molar-refractivity contribution in [3.63, 3.8) is 0 Å². The van der Waals surface area contributed by atoms with E-state index in [1.165, 1.54) is 14.0 Å². The number of nitrogens with zero attached hydrogens (tertiary/aromatic N) is 1. The fraction of sp³-hybridized carbons (Fsp3) is 0.618. The standard InChI is InChI=1S/C34H57N9O7/c1-20(2)16-25(40-31(47)24(14-10-11-15-35)39-27(44)18-36)32(48)42-29(21(3)4)33(49)41-26(17-23-12-8-7-9-13-23)34(50)43(6)19-28(45)38-22(5)30(37)46/h7-9,12-13,20-22,24-26,29H,10-11,14-19,35-36H2,1-6H3,(H2,37,46)(H,38,45)(H,39,44)(H,40,47)(H,41,49)(H,42,48)/t22-,24-,25-,26-,29-/m0/s1. The van der Waals surface area contributed by atoms with Crippen molar-refractivity contribution in [3.05, 3.63) is 35.9 Å². The Balaban J connectivity index is 3.23. The van der Waals surface area contributed by atoms with E-state index in [2.05, 4.69) is 26.6 Å². The van der Waals surface area contributed by atoms with Crippen LogP contribution in [-0.4, -0.2) is 103 Å². The smallest absolute Gasteiger partial charge is 0.245 e. The quantitative estimate of drug-likeness (QED) is 0.0646. The van der Waals surface area contributed by atoms with E-state index in [9.17, 15) is 33.6 Å². The van der Waals surface area contributed by atoms with E-state index in [1.807, 2.05) is 13.8 Å². The summed E-state index contributed by atoms with van der Waals surface area (Å²) in [5.41, 5.74) is 17.0. The largest absolute Gasteiger partial charge is 0.368 e. The Bertz CT molecular complexity index is 1290. The molecule has 280 valence electrons. The van der Waals surface area contributed by atoms with Crippen molar-refractivity contribution in [1.29, 1.82) is 0 Å². The molecule has 50 heavy (non-hydrogen) atoms. The maximum absolute atomic E-state index is 13.8. The van der Waals surface area contributed by atoms with E-state index in [0.717, 1.165) is 10.5 Å². The number of nitrogens with two attached hydrogens (primary N) is 3. The molecule has 0 unspecified atom stereocenters. The molecular weight excluding hydrogens is 646 g/mol. The first-order valence-electron chi connectivity index (χ1n) is 17.0. The van der Waals surface area contributed by atoms with Gasteiger partial charge in [0.15, 0.2) is 0 Å². The van der Waals surface area contributed by atoms with Gasteiger partial charge in [0, 0.05) is 13.5 Å². The predicted octanol–water partition coefficient (Wildman–Crippen LogP) is -1.59. The number of carbonyl (C=O) groups is 7. The maximum Gasteiger partial charge on any atom is 0.245 e. The molecule has 0 spiro atoms. The van der Waals surface area contributed by atoms with Gasteiger partial charge in [0.2, 0.25) is 41.4 Å². The first kappa shape index (κ1) is 43.5. The number of primary amides is 1. The van der Waals surface area contributed by atoms with E-state index >= 15 is 0 Å². The fourth-order valence-electron chi connectivity index (χ4n) is 5.01. The summed E-state index contributed by atoms with van der Waals surface area (Å²) in [4.78, 5) is 91.4. The molecule has 0 fully saturated rings. The monoisotopic (exact) mass is 703 g/mol. The van der Waals surface area contributed by atoms with Crippen LogP contribution in [0.4, 0.5) is 0 Å². The van der Waals surface area contributed by atoms with Crippen LogP contribution in [0.1, 0.15) is 65.9 Å². The summed E-state index contributed by atoms with van der Waals surface area (Å²) in [7, 11) is 1.39. The van der Waals surface area contributed by atoms with Crippen LogP contribution in [0.15, 0.2) is 30.3 Å². The molecule has 0 aromatic heterocycles. The molecule has 0 bridgehead atoms. The van der Waals surface area contributed by atoms with Crippen LogP contribution in [-0.2, 0) is 40.0 Å². The van der Waals surface area contributed by atoms with E-state index in [4.69, 9.17) is 17.2 Å². The Morgan fingerprint density at radius 2 is 1.32 bits per heavy atom. The molecule has 0 aliphatic rings. The Morgan fingerprint density at radius 1 is 0.720 bits per heavy atom. The van der Waals surface area contributed by atoms with Gasteiger partial charge in [-0.15, -0.1) is 0 Å². The summed E-state index contributed by atoms with van der Waals surface area (Å²) >= 11 is 0. The highest BCUT2D eigenvalue weighted by Gasteiger charge is 2.34. The van der Waals surface area contributed by atoms with Crippen molar-refractivity contribution in [3.8, 4) is 0 Å². The number of unbranched alkanes of at least 4 members (excludes halogenated alkanes) is 1. The van der Waals surface area contributed by atoms with Gasteiger partial charge in [-0.2, -0.15) is 0 Å². The van der Waals surface area contributed by atoms with Crippen LogP contribution < -0.4 is 43.8 Å². The van der Waals surface area contributed by atoms with Crippen LogP contribution in [0.25, 0.3) is 0 Å². The molecule has 0 saturated carbocycles. The van der Waals surface area contributed by atoms with Crippen molar-refractivity contribution in [2.24, 2.45) is 29.0 Å². The molecule has 5 atom stereocenters. The average Bonchev–Trinajstić information content (AvgIpc) is 3.05. The molecule has 11 N–H and O–H groups in total. The fourth-order valence-corrected chi connectivity index (χ4v) is 5.01. The minimum absolute atomic E-state index is 0.0294. The molecule has 0 radical (unpaired) electrons. The number of amides is 7. The lowest BCUT2D eigenvalue weighted by Gasteiger charge is -2.30. The van der Waals surface area contributed by atoms with E-state index in [1.54, 1.807) is 44.2 Å². The van der Waals surface area contributed by atoms with E-state index < -0.39 is 84.0 Å². The van der Waals surface area contributed by atoms with Crippen molar-refractivity contribution < 1.29 is 33.6 Å². The summed E-state index contributed by atoms with van der Waals surface area (Å²) in [6.45, 7) is 8.31. The second-order valence-corrected chi connectivity index (χ2v) is 13.2. The lowest BCUT2D eigenvalue weighted by atomic mass is 9.98. The molecule has 0 saturated heterocycles. The SMILES string of the molecule is CC(C)C[C@H](NC(=O)[C@H](CCCCN)NC(=O)CN)C(=O)N[C@H](C(=O)N[C@@H](Cc1ccccc1)C(=O)N(C)CC(=O)N[C@@H](C)C(N)=O)C(C)C. The Morgan fingerprint density at radius 3 is 1.86 bits per heavy atom. The van der Waals surface area contributed by atoms with Crippen LogP contribution in [0.3, 0.4) is 0 Å². The summed E-state index contributed by atoms with van der Waals surface area (Å²) in [6.07, 6.45) is 1.81. The van der Waals surface area contributed by atoms with Crippen LogP contribution in [0.2, 0.25) is 0 Å². The van der Waals surface area contributed by atoms with Crippen molar-refractivity contribution >= 4 is 41.4 Å². The topological polar surface area (TPSA) is 261 Å². The van der Waals surface area contributed by atoms with Gasteiger partial charge in [-0.05, 0) is 56.6 Å². The van der Waals surface area contributed by atoms with Gasteiger partial charge < -0.3 is 48.7 Å². The van der Waals surface area contributed by atoms with Gasteiger partial charge in [-0.1, -0.05) is 58.0 Å². The number of hydrogen-bond acceptors (Lipinski definition) is 9. The zero-order valence-electron chi connectivity index (χ0n) is 30.1. The maximum atomic E-state index is 13.8. The first-order chi connectivity index (χ1) is 23.5. The van der Waals surface area contributed by atoms with Crippen molar-refractivity contribution in [2.45, 2.75) is 96.9 Å². The second kappa shape index (κ2) is 22.2. The predicted molar refractivity (Wildman–Crippen MR) is 189 cm³/mol. The molecule has 7 amide bonds. The minimum Gasteiger partial charge on any atom is -0.368 e. The lowest BCUT2D eigenvalue weighted by Crippen LogP contribution is -2.60. The highest BCUT2D eigenvalue weighted by molar-refractivity contribution is 5.96. The zero-order valence-corrected chi connectivity index (χ0v) is 30.1. The number of likely N-dealkylation sites (N-methyl/N-ethyl adjacent to an activating group) is 1. The number of hydrogen-bond donors (Lipinski definition) is 8. The molecule has 16 heteroatoms. The Hall–Kier alpha value is -4.57. The third-order valence-corrected chi connectivity index (χ3v) is 7.83. The number of benzene rings is 1. The molecule has 16 nitrogen and oxygen atoms in total. The molecule has 1 aromatic carbocycles. The molecule has 0 aliphatic heterocycles. The number of carbonyl (C=O) groups excluding carboxylic acids is 7. The molecule has 1 rings (SSSR count). The van der Waals surface area contributed by atoms with Gasteiger partial charge in [0.1, 0.15) is 30.2 Å². The summed E-state index contributed by atoms with van der Waals surface area (Å²) in [6, 6.07) is 3.78.